The molecular weight excluding hydrogens is 376 g/mol. The third-order valence-electron chi connectivity index (χ3n) is 4.67. The average molecular weight is 402 g/mol. The van der Waals surface area contributed by atoms with Gasteiger partial charge in [-0.1, -0.05) is 6.07 Å². The first-order valence-electron chi connectivity index (χ1n) is 9.41. The Morgan fingerprint density at radius 1 is 1.07 bits per heavy atom. The van der Waals surface area contributed by atoms with Crippen LogP contribution in [0.4, 0.5) is 4.79 Å². The van der Waals surface area contributed by atoms with Gasteiger partial charge in [0.15, 0.2) is 11.5 Å². The van der Waals surface area contributed by atoms with Gasteiger partial charge in [0.05, 0.1) is 27.9 Å². The van der Waals surface area contributed by atoms with Crippen LogP contribution in [0.5, 0.6) is 23.3 Å². The van der Waals surface area contributed by atoms with Crippen LogP contribution >= 0.6 is 0 Å². The van der Waals surface area contributed by atoms with Gasteiger partial charge in [0, 0.05) is 25.2 Å². The van der Waals surface area contributed by atoms with Gasteiger partial charge in [0.2, 0.25) is 11.8 Å². The Morgan fingerprint density at radius 2 is 1.83 bits per heavy atom. The fourth-order valence-electron chi connectivity index (χ4n) is 3.15. The number of piperidine rings is 1. The molecule has 1 unspecified atom stereocenters. The number of likely N-dealkylation sites (tertiary alicyclic amines) is 1. The summed E-state index contributed by atoms with van der Waals surface area (Å²) < 4.78 is 21.4. The molecule has 1 aliphatic heterocycles. The minimum Gasteiger partial charge on any atom is -0.493 e. The number of methoxy groups -OCH3 is 3. The molecule has 0 spiro atoms. The van der Waals surface area contributed by atoms with Gasteiger partial charge in [-0.15, -0.1) is 10.2 Å². The van der Waals surface area contributed by atoms with Crippen molar-refractivity contribution in [2.45, 2.75) is 25.5 Å². The molecule has 0 radical (unpaired) electrons. The van der Waals surface area contributed by atoms with Crippen LogP contribution in [0.15, 0.2) is 30.3 Å². The van der Waals surface area contributed by atoms with Crippen molar-refractivity contribution < 1.29 is 23.7 Å². The quantitative estimate of drug-likeness (QED) is 0.759. The van der Waals surface area contributed by atoms with Gasteiger partial charge in [-0.3, -0.25) is 0 Å². The van der Waals surface area contributed by atoms with E-state index in [0.29, 0.717) is 42.9 Å². The van der Waals surface area contributed by atoms with Crippen molar-refractivity contribution in [1.82, 2.24) is 20.4 Å². The molecule has 1 aromatic carbocycles. The molecule has 2 aromatic rings. The van der Waals surface area contributed by atoms with Gasteiger partial charge in [-0.25, -0.2) is 4.79 Å². The summed E-state index contributed by atoms with van der Waals surface area (Å²) in [6.45, 7) is 1.57. The molecule has 9 heteroatoms. The highest BCUT2D eigenvalue weighted by Crippen LogP contribution is 2.27. The number of nitrogens with one attached hydrogen (secondary N) is 1. The lowest BCUT2D eigenvalue weighted by atomic mass is 10.1. The van der Waals surface area contributed by atoms with Crippen molar-refractivity contribution in [3.05, 3.63) is 35.9 Å². The van der Waals surface area contributed by atoms with E-state index < -0.39 is 0 Å². The number of nitrogens with zero attached hydrogens (tertiary/aromatic N) is 3. The van der Waals surface area contributed by atoms with Crippen molar-refractivity contribution in [3.8, 4) is 23.3 Å². The predicted octanol–water partition coefficient (Wildman–Crippen LogP) is 2.26. The predicted molar refractivity (Wildman–Crippen MR) is 106 cm³/mol. The minimum atomic E-state index is -0.131. The molecule has 9 nitrogen and oxygen atoms in total. The third kappa shape index (κ3) is 5.40. The summed E-state index contributed by atoms with van der Waals surface area (Å²) in [7, 11) is 4.71. The number of carbonyl (C=O) groups excluding carboxylic acids is 1. The largest absolute Gasteiger partial charge is 0.493 e. The van der Waals surface area contributed by atoms with Crippen LogP contribution in [-0.4, -0.2) is 61.7 Å². The summed E-state index contributed by atoms with van der Waals surface area (Å²) in [5.74, 6) is 2.13. The molecule has 1 fully saturated rings. The van der Waals surface area contributed by atoms with Crippen molar-refractivity contribution >= 4 is 6.03 Å². The lowest BCUT2D eigenvalue weighted by Crippen LogP contribution is -2.48. The van der Waals surface area contributed by atoms with E-state index in [0.717, 1.165) is 18.4 Å². The third-order valence-corrected chi connectivity index (χ3v) is 4.67. The zero-order valence-corrected chi connectivity index (χ0v) is 16.9. The van der Waals surface area contributed by atoms with Gasteiger partial charge in [-0.05, 0) is 30.5 Å². The van der Waals surface area contributed by atoms with Crippen LogP contribution in [0.1, 0.15) is 18.4 Å². The lowest BCUT2D eigenvalue weighted by molar-refractivity contribution is 0.0967. The number of aromatic nitrogens is 2. The molecule has 1 aliphatic rings. The highest BCUT2D eigenvalue weighted by atomic mass is 16.5. The first kappa shape index (κ1) is 20.5. The van der Waals surface area contributed by atoms with E-state index in [1.165, 1.54) is 7.11 Å². The molecule has 2 amide bonds. The molecule has 1 N–H and O–H groups in total. The summed E-state index contributed by atoms with van der Waals surface area (Å²) in [6.07, 6.45) is 1.59. The number of amides is 2. The molecule has 1 saturated heterocycles. The maximum atomic E-state index is 12.6. The lowest BCUT2D eigenvalue weighted by Gasteiger charge is -2.32. The maximum absolute atomic E-state index is 12.6. The van der Waals surface area contributed by atoms with Crippen molar-refractivity contribution in [1.29, 1.82) is 0 Å². The second-order valence-corrected chi connectivity index (χ2v) is 6.59. The van der Waals surface area contributed by atoms with E-state index >= 15 is 0 Å². The van der Waals surface area contributed by atoms with E-state index in [1.807, 2.05) is 18.2 Å². The number of carbonyl (C=O) groups is 1. The Morgan fingerprint density at radius 3 is 2.52 bits per heavy atom. The van der Waals surface area contributed by atoms with Crippen molar-refractivity contribution in [3.63, 3.8) is 0 Å². The van der Waals surface area contributed by atoms with E-state index in [4.69, 9.17) is 18.9 Å². The van der Waals surface area contributed by atoms with Gasteiger partial charge < -0.3 is 29.2 Å². The van der Waals surface area contributed by atoms with E-state index in [2.05, 4.69) is 15.5 Å². The van der Waals surface area contributed by atoms with E-state index in [1.54, 1.807) is 31.3 Å². The normalized spacial score (nSPS) is 16.1. The Labute approximate surface area is 169 Å². The Bertz CT molecular complexity index is 815. The van der Waals surface area contributed by atoms with Gasteiger partial charge in [0.1, 0.15) is 6.10 Å². The molecule has 156 valence electrons. The topological polar surface area (TPSA) is 95.0 Å². The number of ether oxygens (including phenoxy) is 4. The Hall–Kier alpha value is -3.23. The van der Waals surface area contributed by atoms with Crippen LogP contribution in [-0.2, 0) is 6.54 Å². The van der Waals surface area contributed by atoms with E-state index in [9.17, 15) is 4.79 Å². The van der Waals surface area contributed by atoms with Crippen LogP contribution in [0.2, 0.25) is 0 Å². The van der Waals surface area contributed by atoms with Gasteiger partial charge >= 0.3 is 6.03 Å². The standard InChI is InChI=1S/C20H26N4O5/c1-26-16-7-6-14(11-17(16)27-2)12-21-20(25)24-10-4-5-15(13-24)29-19-9-8-18(28-3)22-23-19/h6-9,11,15H,4-5,10,12-13H2,1-3H3,(H,21,25). The highest BCUT2D eigenvalue weighted by Gasteiger charge is 2.25. The van der Waals surface area contributed by atoms with Crippen LogP contribution < -0.4 is 24.3 Å². The first-order valence-corrected chi connectivity index (χ1v) is 9.41. The zero-order valence-electron chi connectivity index (χ0n) is 16.9. The summed E-state index contributed by atoms with van der Waals surface area (Å²) in [4.78, 5) is 14.3. The summed E-state index contributed by atoms with van der Waals surface area (Å²) in [5.41, 5.74) is 0.925. The summed E-state index contributed by atoms with van der Waals surface area (Å²) in [6, 6.07) is 8.84. The van der Waals surface area contributed by atoms with Crippen LogP contribution in [0.3, 0.4) is 0 Å². The molecule has 0 bridgehead atoms. The minimum absolute atomic E-state index is 0.127. The second kappa shape index (κ2) is 9.81. The first-order chi connectivity index (χ1) is 14.1. The Balaban J connectivity index is 1.52. The van der Waals surface area contributed by atoms with Gasteiger partial charge in [0.25, 0.3) is 0 Å². The molecule has 2 heterocycles. The molecule has 29 heavy (non-hydrogen) atoms. The fraction of sp³-hybridized carbons (Fsp3) is 0.450. The average Bonchev–Trinajstić information content (AvgIpc) is 2.78. The number of hydrogen-bond donors (Lipinski definition) is 1. The van der Waals surface area contributed by atoms with Gasteiger partial charge in [-0.2, -0.15) is 0 Å². The Kier molecular flexibility index (Phi) is 6.94. The van der Waals surface area contributed by atoms with Crippen molar-refractivity contribution in [2.75, 3.05) is 34.4 Å². The SMILES string of the molecule is COc1ccc(OC2CCCN(C(=O)NCc3ccc(OC)c(OC)c3)C2)nn1. The summed E-state index contributed by atoms with van der Waals surface area (Å²) >= 11 is 0. The number of hydrogen-bond acceptors (Lipinski definition) is 7. The molecule has 3 rings (SSSR count). The molecule has 0 saturated carbocycles. The number of urea groups is 1. The summed E-state index contributed by atoms with van der Waals surface area (Å²) in [5, 5.41) is 10.8. The second-order valence-electron chi connectivity index (χ2n) is 6.59. The van der Waals surface area contributed by atoms with E-state index in [-0.39, 0.29) is 12.1 Å². The number of benzene rings is 1. The van der Waals surface area contributed by atoms with Crippen molar-refractivity contribution in [2.24, 2.45) is 0 Å². The highest BCUT2D eigenvalue weighted by molar-refractivity contribution is 5.74. The fourth-order valence-corrected chi connectivity index (χ4v) is 3.15. The molecule has 0 aliphatic carbocycles. The zero-order chi connectivity index (χ0) is 20.6. The number of rotatable bonds is 7. The maximum Gasteiger partial charge on any atom is 0.317 e. The molecule has 1 atom stereocenters. The van der Waals surface area contributed by atoms with Crippen LogP contribution in [0, 0.1) is 0 Å². The molecular formula is C20H26N4O5. The van der Waals surface area contributed by atoms with Crippen LogP contribution in [0.25, 0.3) is 0 Å². The molecule has 1 aromatic heterocycles. The smallest absolute Gasteiger partial charge is 0.317 e. The monoisotopic (exact) mass is 402 g/mol.